The van der Waals surface area contributed by atoms with Gasteiger partial charge < -0.3 is 20.5 Å². The molecule has 0 unspecified atom stereocenters. The van der Waals surface area contributed by atoms with Crippen LogP contribution in [0.3, 0.4) is 0 Å². The molecule has 1 amide bonds. The number of carbonyl (C=O) groups is 1. The number of hydrogen-bond acceptors (Lipinski definition) is 3. The average molecular weight is 288 g/mol. The lowest BCUT2D eigenvalue weighted by Gasteiger charge is -2.12. The first-order chi connectivity index (χ1) is 10.2. The van der Waals surface area contributed by atoms with E-state index in [1.807, 2.05) is 30.5 Å². The van der Waals surface area contributed by atoms with Crippen LogP contribution in [0.4, 0.5) is 0 Å². The molecule has 21 heavy (non-hydrogen) atoms. The molecule has 5 heteroatoms. The number of aromatic amines is 1. The third kappa shape index (κ3) is 2.94. The minimum Gasteiger partial charge on any atom is -0.396 e. The zero-order chi connectivity index (χ0) is 14.8. The summed E-state index contributed by atoms with van der Waals surface area (Å²) in [6.45, 7) is -0.0318. The minimum absolute atomic E-state index is 0.0318. The molecule has 0 radical (unpaired) electrons. The number of H-pyrrole nitrogens is 1. The summed E-state index contributed by atoms with van der Waals surface area (Å²) in [6, 6.07) is 7.84. The SMILES string of the molecule is O=C(Cc1c[nH]c2ccccc12)N[C@H]1C[C@@H](CO)[C@@H](O)C1. The minimum atomic E-state index is -0.520. The molecule has 1 heterocycles. The lowest BCUT2D eigenvalue weighted by molar-refractivity contribution is -0.121. The van der Waals surface area contributed by atoms with Gasteiger partial charge in [0.2, 0.25) is 5.91 Å². The number of aromatic nitrogens is 1. The van der Waals surface area contributed by atoms with Crippen molar-refractivity contribution in [3.8, 4) is 0 Å². The first kappa shape index (κ1) is 14.1. The smallest absolute Gasteiger partial charge is 0.224 e. The van der Waals surface area contributed by atoms with Crippen molar-refractivity contribution in [2.24, 2.45) is 5.92 Å². The van der Waals surface area contributed by atoms with E-state index < -0.39 is 6.10 Å². The molecule has 1 aromatic carbocycles. The highest BCUT2D eigenvalue weighted by Crippen LogP contribution is 2.26. The fourth-order valence-electron chi connectivity index (χ4n) is 3.15. The molecule has 0 aliphatic heterocycles. The predicted molar refractivity (Wildman–Crippen MR) is 79.8 cm³/mol. The first-order valence-corrected chi connectivity index (χ1v) is 7.30. The number of nitrogens with one attached hydrogen (secondary N) is 2. The van der Waals surface area contributed by atoms with Crippen LogP contribution < -0.4 is 5.32 Å². The van der Waals surface area contributed by atoms with Crippen molar-refractivity contribution in [2.45, 2.75) is 31.4 Å². The Bertz CT molecular complexity index is 637. The van der Waals surface area contributed by atoms with Gasteiger partial charge in [-0.3, -0.25) is 4.79 Å². The van der Waals surface area contributed by atoms with E-state index in [9.17, 15) is 9.90 Å². The second kappa shape index (κ2) is 5.87. The van der Waals surface area contributed by atoms with Crippen molar-refractivity contribution in [1.29, 1.82) is 0 Å². The highest BCUT2D eigenvalue weighted by molar-refractivity contribution is 5.88. The van der Waals surface area contributed by atoms with Crippen molar-refractivity contribution in [1.82, 2.24) is 10.3 Å². The van der Waals surface area contributed by atoms with E-state index >= 15 is 0 Å². The van der Waals surface area contributed by atoms with Crippen molar-refractivity contribution in [3.05, 3.63) is 36.0 Å². The van der Waals surface area contributed by atoms with E-state index in [-0.39, 0.29) is 24.5 Å². The molecule has 2 aromatic rings. The van der Waals surface area contributed by atoms with Crippen LogP contribution in [0.15, 0.2) is 30.5 Å². The van der Waals surface area contributed by atoms with Crippen LogP contribution in [-0.4, -0.2) is 39.9 Å². The maximum Gasteiger partial charge on any atom is 0.224 e. The van der Waals surface area contributed by atoms with Crippen LogP contribution >= 0.6 is 0 Å². The third-order valence-electron chi connectivity index (χ3n) is 4.28. The Kier molecular flexibility index (Phi) is 3.94. The number of aliphatic hydroxyl groups is 2. The molecule has 0 saturated heterocycles. The molecule has 1 aromatic heterocycles. The van der Waals surface area contributed by atoms with Crippen LogP contribution in [0.5, 0.6) is 0 Å². The Hall–Kier alpha value is -1.85. The van der Waals surface area contributed by atoms with Crippen LogP contribution in [-0.2, 0) is 11.2 Å². The lowest BCUT2D eigenvalue weighted by Crippen LogP contribution is -2.34. The van der Waals surface area contributed by atoms with Gasteiger partial charge in [-0.2, -0.15) is 0 Å². The molecule has 1 aliphatic carbocycles. The molecule has 4 N–H and O–H groups in total. The number of amides is 1. The number of carbonyl (C=O) groups excluding carboxylic acids is 1. The van der Waals surface area contributed by atoms with Gasteiger partial charge in [0, 0.05) is 35.7 Å². The number of benzene rings is 1. The molecule has 1 fully saturated rings. The maximum absolute atomic E-state index is 12.1. The highest BCUT2D eigenvalue weighted by atomic mass is 16.3. The maximum atomic E-state index is 12.1. The summed E-state index contributed by atoms with van der Waals surface area (Å²) < 4.78 is 0. The van der Waals surface area contributed by atoms with E-state index in [1.54, 1.807) is 0 Å². The van der Waals surface area contributed by atoms with Gasteiger partial charge in [0.1, 0.15) is 0 Å². The van der Waals surface area contributed by atoms with Crippen LogP contribution in [0.25, 0.3) is 10.9 Å². The van der Waals surface area contributed by atoms with Gasteiger partial charge in [0.15, 0.2) is 0 Å². The summed E-state index contributed by atoms with van der Waals surface area (Å²) in [5.41, 5.74) is 2.00. The lowest BCUT2D eigenvalue weighted by atomic mass is 10.1. The van der Waals surface area contributed by atoms with E-state index in [1.165, 1.54) is 0 Å². The molecular weight excluding hydrogens is 268 g/mol. The number of fused-ring (bicyclic) bond motifs is 1. The van der Waals surface area contributed by atoms with Crippen molar-refractivity contribution >= 4 is 16.8 Å². The number of hydrogen-bond donors (Lipinski definition) is 4. The fraction of sp³-hybridized carbons (Fsp3) is 0.438. The zero-order valence-corrected chi connectivity index (χ0v) is 11.7. The van der Waals surface area contributed by atoms with Crippen molar-refractivity contribution in [2.75, 3.05) is 6.61 Å². The second-order valence-corrected chi connectivity index (χ2v) is 5.78. The Balaban J connectivity index is 1.62. The van der Waals surface area contributed by atoms with E-state index in [4.69, 9.17) is 5.11 Å². The Morgan fingerprint density at radius 3 is 2.90 bits per heavy atom. The summed E-state index contributed by atoms with van der Waals surface area (Å²) in [4.78, 5) is 15.3. The molecule has 1 saturated carbocycles. The standard InChI is InChI=1S/C16H20N2O3/c19-9-11-5-12(7-15(11)20)18-16(21)6-10-8-17-14-4-2-1-3-13(10)14/h1-4,8,11-12,15,17,19-20H,5-7,9H2,(H,18,21)/t11-,12-,15-/m0/s1. The van der Waals surface area contributed by atoms with Gasteiger partial charge in [-0.15, -0.1) is 0 Å². The van der Waals surface area contributed by atoms with Gasteiger partial charge in [0.25, 0.3) is 0 Å². The molecule has 5 nitrogen and oxygen atoms in total. The average Bonchev–Trinajstić information content (AvgIpc) is 3.03. The number of para-hydroxylation sites is 1. The largest absolute Gasteiger partial charge is 0.396 e. The van der Waals surface area contributed by atoms with Crippen LogP contribution in [0, 0.1) is 5.92 Å². The molecule has 112 valence electrons. The van der Waals surface area contributed by atoms with E-state index in [0.29, 0.717) is 19.3 Å². The first-order valence-electron chi connectivity index (χ1n) is 7.30. The Morgan fingerprint density at radius 1 is 1.33 bits per heavy atom. The van der Waals surface area contributed by atoms with Crippen LogP contribution in [0.2, 0.25) is 0 Å². The summed E-state index contributed by atoms with van der Waals surface area (Å²) >= 11 is 0. The second-order valence-electron chi connectivity index (χ2n) is 5.78. The van der Waals surface area contributed by atoms with Crippen molar-refractivity contribution < 1.29 is 15.0 Å². The van der Waals surface area contributed by atoms with Crippen molar-refractivity contribution in [3.63, 3.8) is 0 Å². The fourth-order valence-corrected chi connectivity index (χ4v) is 3.15. The van der Waals surface area contributed by atoms with Gasteiger partial charge in [-0.1, -0.05) is 18.2 Å². The summed E-state index contributed by atoms with van der Waals surface area (Å²) in [5.74, 6) is -0.168. The molecule has 3 rings (SSSR count). The quantitative estimate of drug-likeness (QED) is 0.676. The van der Waals surface area contributed by atoms with Gasteiger partial charge in [-0.25, -0.2) is 0 Å². The highest BCUT2D eigenvalue weighted by Gasteiger charge is 2.33. The summed E-state index contributed by atoms with van der Waals surface area (Å²) in [5, 5.41) is 22.9. The molecule has 0 spiro atoms. The van der Waals surface area contributed by atoms with Crippen LogP contribution in [0.1, 0.15) is 18.4 Å². The molecule has 0 bridgehead atoms. The predicted octanol–water partition coefficient (Wildman–Crippen LogP) is 0.958. The van der Waals surface area contributed by atoms with Gasteiger partial charge in [-0.05, 0) is 24.5 Å². The molecule has 1 aliphatic rings. The molecule has 3 atom stereocenters. The summed E-state index contributed by atoms with van der Waals surface area (Å²) in [6.07, 6.45) is 2.82. The van der Waals surface area contributed by atoms with Gasteiger partial charge >= 0.3 is 0 Å². The Morgan fingerprint density at radius 2 is 2.14 bits per heavy atom. The Labute approximate surface area is 123 Å². The topological polar surface area (TPSA) is 85.4 Å². The zero-order valence-electron chi connectivity index (χ0n) is 11.7. The number of aliphatic hydroxyl groups excluding tert-OH is 2. The number of rotatable bonds is 4. The summed E-state index contributed by atoms with van der Waals surface area (Å²) in [7, 11) is 0. The monoisotopic (exact) mass is 288 g/mol. The van der Waals surface area contributed by atoms with E-state index in [2.05, 4.69) is 10.3 Å². The normalized spacial score (nSPS) is 25.3. The van der Waals surface area contributed by atoms with Gasteiger partial charge in [0.05, 0.1) is 12.5 Å². The molecular formula is C16H20N2O3. The van der Waals surface area contributed by atoms with E-state index in [0.717, 1.165) is 16.5 Å². The third-order valence-corrected chi connectivity index (χ3v) is 4.28.